The topological polar surface area (TPSA) is 151 Å². The summed E-state index contributed by atoms with van der Waals surface area (Å²) in [5.74, 6) is 1.21. The van der Waals surface area contributed by atoms with E-state index in [1.54, 1.807) is 12.1 Å². The molecule has 0 aliphatic carbocycles. The number of thioether (sulfide) groups is 1. The second-order valence-electron chi connectivity index (χ2n) is 7.35. The number of H-pyrrole nitrogens is 1. The molecule has 0 aliphatic heterocycles. The van der Waals surface area contributed by atoms with Crippen LogP contribution in [0.4, 0.5) is 11.5 Å². The van der Waals surface area contributed by atoms with Crippen molar-refractivity contribution in [3.8, 4) is 22.9 Å². The lowest BCUT2D eigenvalue weighted by Crippen LogP contribution is -2.15. The molecule has 1 heterocycles. The number of hydrogen-bond acceptors (Lipinski definition) is 8. The van der Waals surface area contributed by atoms with Gasteiger partial charge in [-0.15, -0.1) is 0 Å². The van der Waals surface area contributed by atoms with E-state index in [1.807, 2.05) is 48.5 Å². The van der Waals surface area contributed by atoms with Crippen molar-refractivity contribution in [2.45, 2.75) is 15.7 Å². The van der Waals surface area contributed by atoms with Crippen LogP contribution in [-0.4, -0.2) is 30.1 Å². The standard InChI is InChI=1S/C24H19N5O5S2/c25-14-15-34-19-12-10-17(11-13-19)16-35-24-22(18-6-2-1-3-7-18)23(26-27-24)28-36(32,33)21-9-5-4-8-20(21)29(30)31/h1-13H,15-16H2,(H2,26,27,28). The van der Waals surface area contributed by atoms with Gasteiger partial charge in [-0.2, -0.15) is 10.4 Å². The number of hydrogen-bond donors (Lipinski definition) is 2. The van der Waals surface area contributed by atoms with Gasteiger partial charge in [0, 0.05) is 11.8 Å². The van der Waals surface area contributed by atoms with Crippen molar-refractivity contribution in [3.63, 3.8) is 0 Å². The number of nitriles is 1. The first-order chi connectivity index (χ1) is 17.4. The van der Waals surface area contributed by atoms with Crippen LogP contribution in [0.2, 0.25) is 0 Å². The number of aromatic nitrogens is 2. The Morgan fingerprint density at radius 2 is 1.75 bits per heavy atom. The molecule has 4 aromatic rings. The molecule has 0 amide bonds. The lowest BCUT2D eigenvalue weighted by molar-refractivity contribution is -0.387. The molecule has 0 aliphatic rings. The molecular weight excluding hydrogens is 502 g/mol. The molecule has 182 valence electrons. The summed E-state index contributed by atoms with van der Waals surface area (Å²) in [6.07, 6.45) is 0. The minimum atomic E-state index is -4.29. The van der Waals surface area contributed by atoms with Gasteiger partial charge in [-0.25, -0.2) is 8.42 Å². The van der Waals surface area contributed by atoms with Gasteiger partial charge < -0.3 is 4.74 Å². The minimum absolute atomic E-state index is 0.0351. The molecule has 36 heavy (non-hydrogen) atoms. The predicted molar refractivity (Wildman–Crippen MR) is 135 cm³/mol. The summed E-state index contributed by atoms with van der Waals surface area (Å²) in [4.78, 5) is 10.2. The Kier molecular flexibility index (Phi) is 7.53. The summed E-state index contributed by atoms with van der Waals surface area (Å²) in [5.41, 5.74) is 1.68. The third kappa shape index (κ3) is 5.65. The van der Waals surface area contributed by atoms with E-state index in [0.717, 1.165) is 11.6 Å². The van der Waals surface area contributed by atoms with E-state index in [-0.39, 0.29) is 12.4 Å². The van der Waals surface area contributed by atoms with Gasteiger partial charge in [-0.3, -0.25) is 19.9 Å². The van der Waals surface area contributed by atoms with E-state index >= 15 is 0 Å². The number of ether oxygens (including phenoxy) is 1. The fourth-order valence-corrected chi connectivity index (χ4v) is 5.52. The molecule has 2 N–H and O–H groups in total. The van der Waals surface area contributed by atoms with Gasteiger partial charge in [0.25, 0.3) is 15.7 Å². The van der Waals surface area contributed by atoms with E-state index in [9.17, 15) is 18.5 Å². The summed E-state index contributed by atoms with van der Waals surface area (Å²) >= 11 is 1.39. The van der Waals surface area contributed by atoms with Crippen LogP contribution < -0.4 is 9.46 Å². The van der Waals surface area contributed by atoms with Gasteiger partial charge in [0.1, 0.15) is 22.7 Å². The number of nitro benzene ring substituents is 1. The maximum atomic E-state index is 13.1. The van der Waals surface area contributed by atoms with E-state index < -0.39 is 25.5 Å². The number of nitro groups is 1. The summed E-state index contributed by atoms with van der Waals surface area (Å²) in [6, 6.07) is 23.4. The molecule has 1 aromatic heterocycles. The van der Waals surface area contributed by atoms with E-state index in [1.165, 1.54) is 30.0 Å². The second-order valence-corrected chi connectivity index (χ2v) is 9.97. The van der Waals surface area contributed by atoms with Crippen LogP contribution in [0, 0.1) is 21.4 Å². The smallest absolute Gasteiger partial charge is 0.289 e. The first-order valence-electron chi connectivity index (χ1n) is 10.5. The van der Waals surface area contributed by atoms with Gasteiger partial charge in [-0.1, -0.05) is 66.4 Å². The largest absolute Gasteiger partial charge is 0.479 e. The lowest BCUT2D eigenvalue weighted by atomic mass is 10.1. The lowest BCUT2D eigenvalue weighted by Gasteiger charge is -2.10. The normalized spacial score (nSPS) is 11.0. The fraction of sp³-hybridized carbons (Fsp3) is 0.0833. The molecule has 3 aromatic carbocycles. The molecule has 0 fully saturated rings. The molecule has 4 rings (SSSR count). The van der Waals surface area contributed by atoms with Gasteiger partial charge in [-0.05, 0) is 29.3 Å². The van der Waals surface area contributed by atoms with Gasteiger partial charge in [0.15, 0.2) is 11.5 Å². The Bertz CT molecular complexity index is 1510. The van der Waals surface area contributed by atoms with Crippen molar-refractivity contribution in [2.75, 3.05) is 11.3 Å². The molecular formula is C24H19N5O5S2. The van der Waals surface area contributed by atoms with Crippen LogP contribution >= 0.6 is 11.8 Å². The van der Waals surface area contributed by atoms with Gasteiger partial charge in [0.05, 0.1) is 10.5 Å². The van der Waals surface area contributed by atoms with Crippen LogP contribution in [0.5, 0.6) is 5.75 Å². The van der Waals surface area contributed by atoms with Crippen LogP contribution in [-0.2, 0) is 15.8 Å². The Morgan fingerprint density at radius 3 is 2.44 bits per heavy atom. The number of aromatic amines is 1. The molecule has 10 nitrogen and oxygen atoms in total. The molecule has 12 heteroatoms. The fourth-order valence-electron chi connectivity index (χ4n) is 3.35. The number of benzene rings is 3. The summed E-state index contributed by atoms with van der Waals surface area (Å²) in [6.45, 7) is -0.0351. The van der Waals surface area contributed by atoms with Crippen LogP contribution in [0.1, 0.15) is 5.56 Å². The highest BCUT2D eigenvalue weighted by atomic mass is 32.2. The first kappa shape index (κ1) is 24.8. The van der Waals surface area contributed by atoms with E-state index in [2.05, 4.69) is 14.9 Å². The third-order valence-electron chi connectivity index (χ3n) is 4.99. The van der Waals surface area contributed by atoms with Crippen LogP contribution in [0.25, 0.3) is 11.1 Å². The van der Waals surface area contributed by atoms with Crippen molar-refractivity contribution in [2.24, 2.45) is 0 Å². The van der Waals surface area contributed by atoms with Gasteiger partial charge >= 0.3 is 0 Å². The molecule has 0 atom stereocenters. The Labute approximate surface area is 211 Å². The first-order valence-corrected chi connectivity index (χ1v) is 13.0. The summed E-state index contributed by atoms with van der Waals surface area (Å²) in [7, 11) is -4.29. The highest BCUT2D eigenvalue weighted by molar-refractivity contribution is 7.98. The Morgan fingerprint density at radius 1 is 1.06 bits per heavy atom. The highest BCUT2D eigenvalue weighted by Gasteiger charge is 2.28. The van der Waals surface area contributed by atoms with Crippen LogP contribution in [0.3, 0.4) is 0 Å². The van der Waals surface area contributed by atoms with Crippen molar-refractivity contribution >= 4 is 33.3 Å². The van der Waals surface area contributed by atoms with E-state index in [0.29, 0.717) is 27.7 Å². The maximum absolute atomic E-state index is 13.1. The summed E-state index contributed by atoms with van der Waals surface area (Å²) in [5, 5.41) is 27.6. The van der Waals surface area contributed by atoms with Crippen LogP contribution in [0.15, 0.2) is 88.8 Å². The van der Waals surface area contributed by atoms with Crippen molar-refractivity contribution in [3.05, 3.63) is 94.5 Å². The van der Waals surface area contributed by atoms with Gasteiger partial charge in [0.2, 0.25) is 0 Å². The molecule has 0 radical (unpaired) electrons. The zero-order valence-corrected chi connectivity index (χ0v) is 20.3. The predicted octanol–water partition coefficient (Wildman–Crippen LogP) is 4.98. The number of para-hydroxylation sites is 1. The summed E-state index contributed by atoms with van der Waals surface area (Å²) < 4.78 is 33.9. The monoisotopic (exact) mass is 521 g/mol. The third-order valence-corrected chi connectivity index (χ3v) is 7.43. The molecule has 0 unspecified atom stereocenters. The number of rotatable bonds is 10. The number of sulfonamides is 1. The zero-order chi connectivity index (χ0) is 25.5. The molecule has 0 saturated heterocycles. The van der Waals surface area contributed by atoms with E-state index in [4.69, 9.17) is 10.00 Å². The Hall–Kier alpha value is -4.34. The Balaban J connectivity index is 1.63. The maximum Gasteiger partial charge on any atom is 0.289 e. The van der Waals surface area contributed by atoms with Crippen molar-refractivity contribution < 1.29 is 18.1 Å². The number of nitrogens with zero attached hydrogens (tertiary/aromatic N) is 3. The molecule has 0 bridgehead atoms. The highest BCUT2D eigenvalue weighted by Crippen LogP contribution is 2.38. The quantitative estimate of drug-likeness (QED) is 0.168. The molecule has 0 saturated carbocycles. The SMILES string of the molecule is N#CCOc1ccc(CSc2n[nH]c(NS(=O)(=O)c3ccccc3[N+](=O)[O-])c2-c2ccccc2)cc1. The average Bonchev–Trinajstić information content (AvgIpc) is 3.28. The second kappa shape index (κ2) is 10.9. The van der Waals surface area contributed by atoms with Crippen molar-refractivity contribution in [1.82, 2.24) is 10.2 Å². The minimum Gasteiger partial charge on any atom is -0.479 e. The number of anilines is 1. The number of nitrogens with one attached hydrogen (secondary N) is 2. The van der Waals surface area contributed by atoms with Crippen molar-refractivity contribution in [1.29, 1.82) is 5.26 Å². The zero-order valence-electron chi connectivity index (χ0n) is 18.6. The average molecular weight is 522 g/mol. The molecule has 0 spiro atoms.